The van der Waals surface area contributed by atoms with Gasteiger partial charge in [0.2, 0.25) is 0 Å². The zero-order valence-corrected chi connectivity index (χ0v) is 13.8. The minimum Gasteiger partial charge on any atom is -0.370 e. The van der Waals surface area contributed by atoms with Gasteiger partial charge < -0.3 is 10.6 Å². The highest BCUT2D eigenvalue weighted by Crippen LogP contribution is 2.18. The third kappa shape index (κ3) is 3.19. The molecule has 1 aromatic carbocycles. The van der Waals surface area contributed by atoms with Gasteiger partial charge in [-0.3, -0.25) is 0 Å². The predicted octanol–water partition coefficient (Wildman–Crippen LogP) is 2.21. The van der Waals surface area contributed by atoms with Crippen LogP contribution < -0.4 is 10.6 Å². The second-order valence-corrected chi connectivity index (χ2v) is 6.36. The highest BCUT2D eigenvalue weighted by molar-refractivity contribution is 5.38. The molecule has 6 nitrogen and oxygen atoms in total. The van der Waals surface area contributed by atoms with Crippen molar-refractivity contribution in [3.05, 3.63) is 60.0 Å². The molecular weight excluding hydrogens is 300 g/mol. The second kappa shape index (κ2) is 6.49. The van der Waals surface area contributed by atoms with Crippen LogP contribution in [0.2, 0.25) is 0 Å². The van der Waals surface area contributed by atoms with Crippen molar-refractivity contribution in [2.24, 2.45) is 5.92 Å². The molecule has 0 fully saturated rings. The SMILES string of the molecule is Cc1cc2n(n1)CC(CNCc1cnn(-c3ccccc3)c1)CN2. The highest BCUT2D eigenvalue weighted by Gasteiger charge is 2.18. The Morgan fingerprint density at radius 2 is 2.17 bits per heavy atom. The van der Waals surface area contributed by atoms with Crippen molar-refractivity contribution >= 4 is 5.82 Å². The standard InChI is InChI=1S/C18H22N6/c1-14-7-18-20-10-15(13-24(18)22-14)8-19-9-16-11-21-23(12-16)17-5-3-2-4-6-17/h2-7,11-12,15,19-20H,8-10,13H2,1H3. The van der Waals surface area contributed by atoms with Gasteiger partial charge in [0.1, 0.15) is 5.82 Å². The fraction of sp³-hybridized carbons (Fsp3) is 0.333. The molecule has 0 saturated carbocycles. The van der Waals surface area contributed by atoms with Crippen molar-refractivity contribution in [1.82, 2.24) is 24.9 Å². The van der Waals surface area contributed by atoms with Gasteiger partial charge in [-0.25, -0.2) is 9.36 Å². The minimum atomic E-state index is 0.543. The van der Waals surface area contributed by atoms with Crippen molar-refractivity contribution in [2.75, 3.05) is 18.4 Å². The van der Waals surface area contributed by atoms with Crippen LogP contribution in [0, 0.1) is 12.8 Å². The molecule has 0 radical (unpaired) electrons. The van der Waals surface area contributed by atoms with E-state index in [9.17, 15) is 0 Å². The van der Waals surface area contributed by atoms with Crippen LogP contribution in [0.1, 0.15) is 11.3 Å². The number of rotatable bonds is 5. The molecule has 4 rings (SSSR count). The van der Waals surface area contributed by atoms with Crippen LogP contribution in [0.25, 0.3) is 5.69 Å². The lowest BCUT2D eigenvalue weighted by molar-refractivity contribution is 0.390. The number of aryl methyl sites for hydroxylation is 1. The van der Waals surface area contributed by atoms with E-state index in [1.807, 2.05) is 36.0 Å². The Bertz CT molecular complexity index is 804. The summed E-state index contributed by atoms with van der Waals surface area (Å²) >= 11 is 0. The van der Waals surface area contributed by atoms with Crippen LogP contribution >= 0.6 is 0 Å². The highest BCUT2D eigenvalue weighted by atomic mass is 15.3. The monoisotopic (exact) mass is 322 g/mol. The van der Waals surface area contributed by atoms with Gasteiger partial charge in [-0.2, -0.15) is 10.2 Å². The third-order valence-electron chi connectivity index (χ3n) is 4.32. The van der Waals surface area contributed by atoms with Gasteiger partial charge in [-0.05, 0) is 19.1 Å². The summed E-state index contributed by atoms with van der Waals surface area (Å²) in [6, 6.07) is 12.3. The van der Waals surface area contributed by atoms with Crippen LogP contribution in [0.3, 0.4) is 0 Å². The van der Waals surface area contributed by atoms with E-state index in [0.29, 0.717) is 5.92 Å². The molecule has 0 aliphatic carbocycles. The fourth-order valence-electron chi connectivity index (χ4n) is 3.12. The molecule has 2 aromatic heterocycles. The molecule has 3 heterocycles. The summed E-state index contributed by atoms with van der Waals surface area (Å²) in [6.45, 7) is 5.77. The predicted molar refractivity (Wildman–Crippen MR) is 94.2 cm³/mol. The number of aromatic nitrogens is 4. The number of hydrogen-bond acceptors (Lipinski definition) is 4. The summed E-state index contributed by atoms with van der Waals surface area (Å²) in [7, 11) is 0. The van der Waals surface area contributed by atoms with Crippen molar-refractivity contribution in [3.8, 4) is 5.69 Å². The van der Waals surface area contributed by atoms with Crippen LogP contribution in [-0.2, 0) is 13.1 Å². The Hall–Kier alpha value is -2.60. The van der Waals surface area contributed by atoms with Gasteiger partial charge >= 0.3 is 0 Å². The molecular formula is C18H22N6. The van der Waals surface area contributed by atoms with Gasteiger partial charge in [-0.15, -0.1) is 0 Å². The molecule has 0 amide bonds. The number of para-hydroxylation sites is 1. The maximum Gasteiger partial charge on any atom is 0.124 e. The van der Waals surface area contributed by atoms with Gasteiger partial charge in [-0.1, -0.05) is 18.2 Å². The van der Waals surface area contributed by atoms with E-state index in [-0.39, 0.29) is 0 Å². The van der Waals surface area contributed by atoms with Crippen molar-refractivity contribution in [1.29, 1.82) is 0 Å². The minimum absolute atomic E-state index is 0.543. The lowest BCUT2D eigenvalue weighted by atomic mass is 10.1. The average Bonchev–Trinajstić information content (AvgIpc) is 3.21. The third-order valence-corrected chi connectivity index (χ3v) is 4.32. The zero-order chi connectivity index (χ0) is 16.4. The lowest BCUT2D eigenvalue weighted by Crippen LogP contribution is -2.35. The molecule has 1 atom stereocenters. The first-order valence-corrected chi connectivity index (χ1v) is 8.36. The average molecular weight is 322 g/mol. The molecule has 124 valence electrons. The normalized spacial score (nSPS) is 16.6. The lowest BCUT2D eigenvalue weighted by Gasteiger charge is -2.25. The van der Waals surface area contributed by atoms with Crippen LogP contribution in [0.5, 0.6) is 0 Å². The molecule has 6 heteroatoms. The first-order chi connectivity index (χ1) is 11.8. The first-order valence-electron chi connectivity index (χ1n) is 8.36. The van der Waals surface area contributed by atoms with Crippen LogP contribution in [0.15, 0.2) is 48.8 Å². The number of anilines is 1. The van der Waals surface area contributed by atoms with Gasteiger partial charge in [0.15, 0.2) is 0 Å². The molecule has 0 spiro atoms. The van der Waals surface area contributed by atoms with Gasteiger partial charge in [0.05, 0.1) is 17.6 Å². The molecule has 24 heavy (non-hydrogen) atoms. The van der Waals surface area contributed by atoms with Crippen molar-refractivity contribution in [3.63, 3.8) is 0 Å². The maximum atomic E-state index is 4.52. The first kappa shape index (κ1) is 15.0. The summed E-state index contributed by atoms with van der Waals surface area (Å²) in [5.41, 5.74) is 3.35. The van der Waals surface area contributed by atoms with E-state index >= 15 is 0 Å². The maximum absolute atomic E-state index is 4.52. The van der Waals surface area contributed by atoms with Gasteiger partial charge in [0.25, 0.3) is 0 Å². The van der Waals surface area contributed by atoms with Crippen molar-refractivity contribution < 1.29 is 0 Å². The molecule has 3 aromatic rings. The summed E-state index contributed by atoms with van der Waals surface area (Å²) in [5.74, 6) is 1.67. The van der Waals surface area contributed by atoms with Crippen LogP contribution in [0.4, 0.5) is 5.82 Å². The smallest absolute Gasteiger partial charge is 0.124 e. The second-order valence-electron chi connectivity index (χ2n) is 6.36. The summed E-state index contributed by atoms with van der Waals surface area (Å²) in [5, 5.41) is 15.9. The summed E-state index contributed by atoms with van der Waals surface area (Å²) in [6.07, 6.45) is 4.00. The van der Waals surface area contributed by atoms with Crippen molar-refractivity contribution in [2.45, 2.75) is 20.0 Å². The topological polar surface area (TPSA) is 59.7 Å². The van der Waals surface area contributed by atoms with E-state index in [4.69, 9.17) is 0 Å². The van der Waals surface area contributed by atoms with E-state index in [0.717, 1.165) is 43.4 Å². The number of benzene rings is 1. The zero-order valence-electron chi connectivity index (χ0n) is 13.8. The Morgan fingerprint density at radius 1 is 1.29 bits per heavy atom. The van der Waals surface area contributed by atoms with E-state index in [1.165, 1.54) is 5.56 Å². The quantitative estimate of drug-likeness (QED) is 0.756. The molecule has 1 unspecified atom stereocenters. The molecule has 2 N–H and O–H groups in total. The Kier molecular flexibility index (Phi) is 4.04. The molecule has 0 saturated heterocycles. The summed E-state index contributed by atoms with van der Waals surface area (Å²) in [4.78, 5) is 0. The number of fused-ring (bicyclic) bond motifs is 1. The van der Waals surface area contributed by atoms with Gasteiger partial charge in [0, 0.05) is 49.9 Å². The number of nitrogens with one attached hydrogen (secondary N) is 2. The number of nitrogens with zero attached hydrogens (tertiary/aromatic N) is 4. The summed E-state index contributed by atoms with van der Waals surface area (Å²) < 4.78 is 3.98. The Labute approximate surface area is 141 Å². The van der Waals surface area contributed by atoms with E-state index < -0.39 is 0 Å². The molecule has 1 aliphatic heterocycles. The fourth-order valence-corrected chi connectivity index (χ4v) is 3.12. The van der Waals surface area contributed by atoms with E-state index in [2.05, 4.69) is 49.9 Å². The molecule has 1 aliphatic rings. The largest absolute Gasteiger partial charge is 0.370 e. The van der Waals surface area contributed by atoms with Crippen LogP contribution in [-0.4, -0.2) is 32.7 Å². The number of hydrogen-bond donors (Lipinski definition) is 2. The van der Waals surface area contributed by atoms with E-state index in [1.54, 1.807) is 0 Å². The Morgan fingerprint density at radius 3 is 3.04 bits per heavy atom. The molecule has 0 bridgehead atoms. The Balaban J connectivity index is 1.30.